The molecule has 0 aromatic rings. The fourth-order valence-electron chi connectivity index (χ4n) is 2.92. The molecular weight excluding hydrogens is 348 g/mol. The van der Waals surface area contributed by atoms with E-state index in [0.717, 1.165) is 11.8 Å². The molecule has 0 bridgehead atoms. The number of hydrogen-bond donors (Lipinski definition) is 1. The zero-order chi connectivity index (χ0) is 20.1. The summed E-state index contributed by atoms with van der Waals surface area (Å²) in [4.78, 5) is 26.7. The largest absolute Gasteiger partial charge is 0.341 e. The van der Waals surface area contributed by atoms with Crippen LogP contribution in [0.25, 0.3) is 0 Å². The second kappa shape index (κ2) is 9.09. The van der Waals surface area contributed by atoms with E-state index in [1.807, 2.05) is 11.0 Å². The van der Waals surface area contributed by atoms with E-state index in [2.05, 4.69) is 39.1 Å². The van der Waals surface area contributed by atoms with Gasteiger partial charge in [-0.25, -0.2) is 0 Å². The molecule has 1 heterocycles. The second-order valence-electron chi connectivity index (χ2n) is 7.96. The van der Waals surface area contributed by atoms with Crippen LogP contribution in [0.1, 0.15) is 41.5 Å². The Morgan fingerprint density at radius 1 is 1.23 bits per heavy atom. The van der Waals surface area contributed by atoms with Crippen molar-refractivity contribution in [1.82, 2.24) is 10.2 Å². The number of thioether (sulfide) groups is 1. The standard InChI is InChI=1S/C19H28N4O2S/c1-12(2)9-23(10-13(3)4)16(24)11-26-18-15(8-21)19(5,6)14(7-20)17(25)22-18/h12-14H,9-11H2,1-6H3,(H,22,25)/t14-/m0/s1. The molecule has 0 unspecified atom stereocenters. The minimum absolute atomic E-state index is 0.0170. The van der Waals surface area contributed by atoms with Crippen LogP contribution in [0.3, 0.4) is 0 Å². The first-order valence-electron chi connectivity index (χ1n) is 8.80. The molecule has 6 nitrogen and oxygen atoms in total. The van der Waals surface area contributed by atoms with E-state index >= 15 is 0 Å². The third-order valence-corrected chi connectivity index (χ3v) is 5.18. The van der Waals surface area contributed by atoms with Crippen LogP contribution in [0.4, 0.5) is 0 Å². The highest BCUT2D eigenvalue weighted by atomic mass is 32.2. The first-order chi connectivity index (χ1) is 12.0. The molecule has 1 aliphatic rings. The summed E-state index contributed by atoms with van der Waals surface area (Å²) in [7, 11) is 0. The number of amides is 2. The van der Waals surface area contributed by atoms with Gasteiger partial charge in [-0.15, -0.1) is 0 Å². The highest BCUT2D eigenvalue weighted by Gasteiger charge is 2.44. The third kappa shape index (κ3) is 5.25. The lowest BCUT2D eigenvalue weighted by molar-refractivity contribution is -0.129. The molecule has 0 aromatic heterocycles. The van der Waals surface area contributed by atoms with E-state index < -0.39 is 17.2 Å². The molecule has 142 valence electrons. The fraction of sp³-hybridized carbons (Fsp3) is 0.684. The van der Waals surface area contributed by atoms with Crippen LogP contribution in [0, 0.1) is 45.8 Å². The lowest BCUT2D eigenvalue weighted by atomic mass is 9.72. The number of allylic oxidation sites excluding steroid dienone is 1. The number of nitrogens with one attached hydrogen (secondary N) is 1. The number of nitriles is 2. The Bertz CT molecular complexity index is 658. The van der Waals surface area contributed by atoms with Crippen LogP contribution < -0.4 is 5.32 Å². The van der Waals surface area contributed by atoms with Gasteiger partial charge in [-0.1, -0.05) is 53.3 Å². The van der Waals surface area contributed by atoms with Crippen molar-refractivity contribution in [2.45, 2.75) is 41.5 Å². The summed E-state index contributed by atoms with van der Waals surface area (Å²) in [6.07, 6.45) is 0. The number of carbonyl (C=O) groups excluding carboxylic acids is 2. The molecule has 0 saturated carbocycles. The van der Waals surface area contributed by atoms with Gasteiger partial charge in [0.2, 0.25) is 11.8 Å². The lowest BCUT2D eigenvalue weighted by Crippen LogP contribution is -2.45. The Balaban J connectivity index is 2.97. The molecule has 1 N–H and O–H groups in total. The molecule has 0 aliphatic carbocycles. The van der Waals surface area contributed by atoms with Gasteiger partial charge in [0.05, 0.1) is 28.5 Å². The quantitative estimate of drug-likeness (QED) is 0.737. The number of carbonyl (C=O) groups is 2. The van der Waals surface area contributed by atoms with Gasteiger partial charge in [0.25, 0.3) is 0 Å². The van der Waals surface area contributed by atoms with Gasteiger partial charge in [-0.05, 0) is 11.8 Å². The van der Waals surface area contributed by atoms with E-state index in [4.69, 9.17) is 0 Å². The number of hydrogen-bond acceptors (Lipinski definition) is 5. The van der Waals surface area contributed by atoms with Gasteiger partial charge in [0.15, 0.2) is 0 Å². The van der Waals surface area contributed by atoms with Crippen LogP contribution in [0.15, 0.2) is 10.6 Å². The second-order valence-corrected chi connectivity index (χ2v) is 8.95. The molecule has 0 saturated heterocycles. The van der Waals surface area contributed by atoms with Crippen molar-refractivity contribution in [3.8, 4) is 12.1 Å². The lowest BCUT2D eigenvalue weighted by Gasteiger charge is -2.34. The van der Waals surface area contributed by atoms with E-state index in [-0.39, 0.29) is 11.7 Å². The van der Waals surface area contributed by atoms with Crippen LogP contribution in [0.2, 0.25) is 0 Å². The SMILES string of the molecule is CC(C)CN(CC(C)C)C(=O)CSC1=C(C#N)C(C)(C)[C@@H](C#N)C(=O)N1. The maximum atomic E-state index is 12.6. The van der Waals surface area contributed by atoms with Gasteiger partial charge in [-0.2, -0.15) is 10.5 Å². The van der Waals surface area contributed by atoms with E-state index in [1.165, 1.54) is 0 Å². The Kier molecular flexibility index (Phi) is 7.71. The number of nitrogens with zero attached hydrogens (tertiary/aromatic N) is 3. The van der Waals surface area contributed by atoms with Crippen molar-refractivity contribution in [2.24, 2.45) is 23.2 Å². The fourth-order valence-corrected chi connectivity index (χ4v) is 4.00. The summed E-state index contributed by atoms with van der Waals surface area (Å²) in [6.45, 7) is 13.0. The monoisotopic (exact) mass is 376 g/mol. The molecule has 2 amide bonds. The summed E-state index contributed by atoms with van der Waals surface area (Å²) in [5, 5.41) is 21.8. The molecular formula is C19H28N4O2S. The molecule has 1 atom stereocenters. The summed E-state index contributed by atoms with van der Waals surface area (Å²) >= 11 is 1.16. The topological polar surface area (TPSA) is 97.0 Å². The van der Waals surface area contributed by atoms with Crippen molar-refractivity contribution < 1.29 is 9.59 Å². The Labute approximate surface area is 160 Å². The molecule has 1 rings (SSSR count). The van der Waals surface area contributed by atoms with Gasteiger partial charge < -0.3 is 10.2 Å². The highest BCUT2D eigenvalue weighted by molar-refractivity contribution is 8.03. The average molecular weight is 377 g/mol. The summed E-state index contributed by atoms with van der Waals surface area (Å²) in [6, 6.07) is 4.09. The average Bonchev–Trinajstić information content (AvgIpc) is 2.50. The van der Waals surface area contributed by atoms with Crippen molar-refractivity contribution in [3.63, 3.8) is 0 Å². The molecule has 7 heteroatoms. The zero-order valence-corrected chi connectivity index (χ0v) is 17.2. The van der Waals surface area contributed by atoms with Crippen LogP contribution in [-0.4, -0.2) is 35.6 Å². The molecule has 0 spiro atoms. The molecule has 26 heavy (non-hydrogen) atoms. The number of rotatable bonds is 7. The Morgan fingerprint density at radius 3 is 2.19 bits per heavy atom. The van der Waals surface area contributed by atoms with E-state index in [1.54, 1.807) is 13.8 Å². The van der Waals surface area contributed by atoms with Gasteiger partial charge in [0.1, 0.15) is 5.92 Å². The summed E-state index contributed by atoms with van der Waals surface area (Å²) < 4.78 is 0. The first-order valence-corrected chi connectivity index (χ1v) is 9.79. The van der Waals surface area contributed by atoms with E-state index in [0.29, 0.717) is 35.5 Å². The van der Waals surface area contributed by atoms with Gasteiger partial charge in [0, 0.05) is 18.5 Å². The Hall–Kier alpha value is -1.99. The van der Waals surface area contributed by atoms with E-state index in [9.17, 15) is 20.1 Å². The van der Waals surface area contributed by atoms with Gasteiger partial charge >= 0.3 is 0 Å². The summed E-state index contributed by atoms with van der Waals surface area (Å²) in [5.74, 6) is -0.490. The minimum atomic E-state index is -0.921. The smallest absolute Gasteiger partial charge is 0.243 e. The van der Waals surface area contributed by atoms with Gasteiger partial charge in [-0.3, -0.25) is 9.59 Å². The van der Waals surface area contributed by atoms with Crippen LogP contribution in [-0.2, 0) is 9.59 Å². The normalized spacial score (nSPS) is 19.2. The van der Waals surface area contributed by atoms with Crippen LogP contribution in [0.5, 0.6) is 0 Å². The minimum Gasteiger partial charge on any atom is -0.341 e. The zero-order valence-electron chi connectivity index (χ0n) is 16.4. The maximum absolute atomic E-state index is 12.6. The molecule has 0 radical (unpaired) electrons. The predicted octanol–water partition coefficient (Wildman–Crippen LogP) is 2.89. The van der Waals surface area contributed by atoms with Crippen molar-refractivity contribution >= 4 is 23.6 Å². The first kappa shape index (κ1) is 22.1. The van der Waals surface area contributed by atoms with Crippen LogP contribution >= 0.6 is 11.8 Å². The van der Waals surface area contributed by atoms with Crippen molar-refractivity contribution in [2.75, 3.05) is 18.8 Å². The highest BCUT2D eigenvalue weighted by Crippen LogP contribution is 2.41. The third-order valence-electron chi connectivity index (χ3n) is 4.20. The van der Waals surface area contributed by atoms with Crippen molar-refractivity contribution in [3.05, 3.63) is 10.6 Å². The summed E-state index contributed by atoms with van der Waals surface area (Å²) in [5.41, 5.74) is -0.534. The maximum Gasteiger partial charge on any atom is 0.243 e. The molecule has 0 aromatic carbocycles. The molecule has 0 fully saturated rings. The predicted molar refractivity (Wildman–Crippen MR) is 102 cm³/mol. The Morgan fingerprint density at radius 2 is 1.77 bits per heavy atom. The molecule has 1 aliphatic heterocycles. The van der Waals surface area contributed by atoms with Crippen molar-refractivity contribution in [1.29, 1.82) is 10.5 Å².